The third kappa shape index (κ3) is 11.4. The summed E-state index contributed by atoms with van der Waals surface area (Å²) in [6.07, 6.45) is 0. The SMILES string of the molecule is NC(N)=O.[Zn].c1ccc(CSSCc2ccccc2)cc1. The van der Waals surface area contributed by atoms with Crippen molar-refractivity contribution in [3.8, 4) is 0 Å². The van der Waals surface area contributed by atoms with Crippen LogP contribution in [-0.4, -0.2) is 6.03 Å². The average molecular weight is 372 g/mol. The molecule has 21 heavy (non-hydrogen) atoms. The summed E-state index contributed by atoms with van der Waals surface area (Å²) in [6.45, 7) is 0. The maximum atomic E-state index is 9.00. The van der Waals surface area contributed by atoms with Gasteiger partial charge in [0.05, 0.1) is 0 Å². The molecule has 0 aliphatic carbocycles. The van der Waals surface area contributed by atoms with E-state index in [0.717, 1.165) is 11.5 Å². The molecule has 0 saturated carbocycles. The summed E-state index contributed by atoms with van der Waals surface area (Å²) >= 11 is 0. The molecule has 0 saturated heterocycles. The van der Waals surface area contributed by atoms with E-state index in [4.69, 9.17) is 4.79 Å². The van der Waals surface area contributed by atoms with Crippen LogP contribution in [0.1, 0.15) is 11.1 Å². The number of nitrogens with two attached hydrogens (primary N) is 2. The second-order valence-corrected chi connectivity index (χ2v) is 6.36. The topological polar surface area (TPSA) is 69.1 Å². The molecule has 2 rings (SSSR count). The normalized spacial score (nSPS) is 8.95. The molecule has 2 aromatic rings. The molecule has 0 atom stereocenters. The Labute approximate surface area is 146 Å². The van der Waals surface area contributed by atoms with Crippen molar-refractivity contribution in [2.75, 3.05) is 0 Å². The van der Waals surface area contributed by atoms with E-state index >= 15 is 0 Å². The van der Waals surface area contributed by atoms with Gasteiger partial charge in [-0.3, -0.25) is 0 Å². The Morgan fingerprint density at radius 2 is 1.05 bits per heavy atom. The van der Waals surface area contributed by atoms with Crippen molar-refractivity contribution >= 4 is 27.6 Å². The van der Waals surface area contributed by atoms with E-state index < -0.39 is 6.03 Å². The Hall–Kier alpha value is -0.967. The summed E-state index contributed by atoms with van der Waals surface area (Å²) < 4.78 is 0. The van der Waals surface area contributed by atoms with Gasteiger partial charge in [0, 0.05) is 31.0 Å². The zero-order valence-corrected chi connectivity index (χ0v) is 16.4. The second-order valence-electron chi connectivity index (χ2n) is 3.90. The Balaban J connectivity index is 0.000000715. The Morgan fingerprint density at radius 1 is 0.762 bits per heavy atom. The van der Waals surface area contributed by atoms with Crippen molar-refractivity contribution in [2.24, 2.45) is 11.5 Å². The van der Waals surface area contributed by atoms with Crippen molar-refractivity contribution in [3.63, 3.8) is 0 Å². The first-order valence-electron chi connectivity index (χ1n) is 6.05. The number of hydrogen-bond donors (Lipinski definition) is 2. The van der Waals surface area contributed by atoms with Crippen LogP contribution in [-0.2, 0) is 31.0 Å². The number of rotatable bonds is 5. The van der Waals surface area contributed by atoms with E-state index in [-0.39, 0.29) is 19.5 Å². The zero-order chi connectivity index (χ0) is 14.6. The second kappa shape index (κ2) is 12.7. The minimum absolute atomic E-state index is 0. The molecule has 4 N–H and O–H groups in total. The fraction of sp³-hybridized carbons (Fsp3) is 0.133. The minimum Gasteiger partial charge on any atom is -0.352 e. The van der Waals surface area contributed by atoms with E-state index in [9.17, 15) is 0 Å². The van der Waals surface area contributed by atoms with Crippen molar-refractivity contribution in [1.82, 2.24) is 0 Å². The van der Waals surface area contributed by atoms with Crippen LogP contribution in [0.3, 0.4) is 0 Å². The van der Waals surface area contributed by atoms with Crippen molar-refractivity contribution < 1.29 is 24.3 Å². The third-order valence-corrected chi connectivity index (χ3v) is 4.50. The molecular formula is C15H18N2OS2Zn. The van der Waals surface area contributed by atoms with E-state index in [2.05, 4.69) is 72.1 Å². The van der Waals surface area contributed by atoms with Gasteiger partial charge in [-0.25, -0.2) is 4.79 Å². The molecule has 0 aromatic heterocycles. The molecule has 0 bridgehead atoms. The fourth-order valence-electron chi connectivity index (χ4n) is 1.37. The largest absolute Gasteiger partial charge is 0.352 e. The van der Waals surface area contributed by atoms with Gasteiger partial charge in [0.2, 0.25) is 0 Å². The van der Waals surface area contributed by atoms with Gasteiger partial charge in [-0.1, -0.05) is 82.3 Å². The first-order valence-corrected chi connectivity index (χ1v) is 8.54. The molecule has 0 heterocycles. The number of carbonyl (C=O) groups excluding carboxylic acids is 1. The molecule has 0 unspecified atom stereocenters. The molecule has 3 nitrogen and oxygen atoms in total. The van der Waals surface area contributed by atoms with Gasteiger partial charge < -0.3 is 11.5 Å². The van der Waals surface area contributed by atoms with Crippen LogP contribution >= 0.6 is 21.6 Å². The molecular weight excluding hydrogens is 354 g/mol. The zero-order valence-electron chi connectivity index (χ0n) is 11.8. The van der Waals surface area contributed by atoms with Crippen LogP contribution in [0.5, 0.6) is 0 Å². The predicted molar refractivity (Wildman–Crippen MR) is 89.2 cm³/mol. The maximum Gasteiger partial charge on any atom is 0.309 e. The summed E-state index contributed by atoms with van der Waals surface area (Å²) in [7, 11) is 3.84. The number of hydrogen-bond acceptors (Lipinski definition) is 3. The summed E-state index contributed by atoms with van der Waals surface area (Å²) in [5.74, 6) is 2.16. The van der Waals surface area contributed by atoms with Gasteiger partial charge >= 0.3 is 6.03 Å². The van der Waals surface area contributed by atoms with Crippen LogP contribution in [0.2, 0.25) is 0 Å². The maximum absolute atomic E-state index is 9.00. The van der Waals surface area contributed by atoms with Gasteiger partial charge in [-0.2, -0.15) is 0 Å². The molecule has 0 radical (unpaired) electrons. The van der Waals surface area contributed by atoms with E-state index in [1.807, 2.05) is 21.6 Å². The number of amides is 2. The number of benzene rings is 2. The van der Waals surface area contributed by atoms with Crippen LogP contribution < -0.4 is 11.5 Å². The smallest absolute Gasteiger partial charge is 0.309 e. The Morgan fingerprint density at radius 3 is 1.33 bits per heavy atom. The number of primary amides is 2. The molecule has 0 aliphatic rings. The van der Waals surface area contributed by atoms with Gasteiger partial charge in [0.1, 0.15) is 0 Å². The first-order chi connectivity index (χ1) is 9.68. The minimum atomic E-state index is -0.833. The molecule has 0 fully saturated rings. The summed E-state index contributed by atoms with van der Waals surface area (Å²) in [4.78, 5) is 9.00. The predicted octanol–water partition coefficient (Wildman–Crippen LogP) is 3.79. The van der Waals surface area contributed by atoms with E-state index in [1.165, 1.54) is 11.1 Å². The van der Waals surface area contributed by atoms with Crippen LogP contribution in [0.4, 0.5) is 4.79 Å². The molecule has 6 heteroatoms. The Bertz CT molecular complexity index is 452. The Kier molecular flexibility index (Phi) is 12.2. The average Bonchev–Trinajstić information content (AvgIpc) is 2.45. The van der Waals surface area contributed by atoms with E-state index in [1.54, 1.807) is 0 Å². The van der Waals surface area contributed by atoms with Crippen molar-refractivity contribution in [1.29, 1.82) is 0 Å². The summed E-state index contributed by atoms with van der Waals surface area (Å²) in [6, 6.07) is 20.4. The van der Waals surface area contributed by atoms with Crippen molar-refractivity contribution in [3.05, 3.63) is 71.8 Å². The van der Waals surface area contributed by atoms with Gasteiger partial charge in [-0.05, 0) is 11.1 Å². The fourth-order valence-corrected chi connectivity index (χ4v) is 3.51. The van der Waals surface area contributed by atoms with Gasteiger partial charge in [0.25, 0.3) is 0 Å². The van der Waals surface area contributed by atoms with Crippen molar-refractivity contribution in [2.45, 2.75) is 11.5 Å². The quantitative estimate of drug-likeness (QED) is 0.477. The van der Waals surface area contributed by atoms with Gasteiger partial charge in [0.15, 0.2) is 0 Å². The van der Waals surface area contributed by atoms with Crippen LogP contribution in [0.15, 0.2) is 60.7 Å². The molecule has 2 aromatic carbocycles. The standard InChI is InChI=1S/C14H14S2.CH4N2O.Zn/c1-3-7-13(8-4-1)11-15-16-12-14-9-5-2-6-10-14;2-1(3)4;/h1-10H,11-12H2;(H4,2,3,4);. The third-order valence-electron chi connectivity index (χ3n) is 2.22. The first kappa shape index (κ1) is 20.0. The summed E-state index contributed by atoms with van der Waals surface area (Å²) in [5, 5.41) is 0. The molecule has 0 aliphatic heterocycles. The van der Waals surface area contributed by atoms with Crippen LogP contribution in [0, 0.1) is 0 Å². The summed E-state index contributed by atoms with van der Waals surface area (Å²) in [5.41, 5.74) is 11.3. The number of urea groups is 1. The number of carbonyl (C=O) groups is 1. The molecule has 108 valence electrons. The molecule has 2 amide bonds. The van der Waals surface area contributed by atoms with Crippen LogP contribution in [0.25, 0.3) is 0 Å². The molecule has 0 spiro atoms. The monoisotopic (exact) mass is 370 g/mol. The van der Waals surface area contributed by atoms with E-state index in [0.29, 0.717) is 0 Å². The van der Waals surface area contributed by atoms with Gasteiger partial charge in [-0.15, -0.1) is 0 Å².